The topological polar surface area (TPSA) is 50.1 Å². The highest BCUT2D eigenvalue weighted by Crippen LogP contribution is 2.26. The van der Waals surface area contributed by atoms with Crippen LogP contribution in [0.4, 0.5) is 10.1 Å². The van der Waals surface area contributed by atoms with Gasteiger partial charge in [-0.1, -0.05) is 59.8 Å². The largest absolute Gasteiger partial charge is 0.364 e. The summed E-state index contributed by atoms with van der Waals surface area (Å²) in [4.78, 5) is 0. The van der Waals surface area contributed by atoms with Gasteiger partial charge in [0.25, 0.3) is 0 Å². The van der Waals surface area contributed by atoms with Crippen LogP contribution in [-0.2, 0) is 6.42 Å². The molecule has 0 fully saturated rings. The summed E-state index contributed by atoms with van der Waals surface area (Å²) in [7, 11) is 0. The molecule has 156 valence electrons. The second-order valence-electron chi connectivity index (χ2n) is 7.30. The summed E-state index contributed by atoms with van der Waals surface area (Å²) in [5.41, 5.74) is 5.87. The Morgan fingerprint density at radius 2 is 1.71 bits per heavy atom. The number of nitrogens with zero attached hydrogens (tertiary/aromatic N) is 1. The van der Waals surface area contributed by atoms with E-state index in [1.165, 1.54) is 17.7 Å². The number of rotatable bonds is 6. The van der Waals surface area contributed by atoms with Crippen LogP contribution in [0.2, 0.25) is 0 Å². The van der Waals surface area contributed by atoms with E-state index in [0.717, 1.165) is 34.5 Å². The Morgan fingerprint density at radius 1 is 1.00 bits per heavy atom. The van der Waals surface area contributed by atoms with Gasteiger partial charge >= 0.3 is 0 Å². The zero-order chi connectivity index (χ0) is 21.6. The number of nitrogens with one attached hydrogen (secondary N) is 2. The van der Waals surface area contributed by atoms with Crippen LogP contribution in [0, 0.1) is 5.82 Å². The molecule has 1 unspecified atom stereocenters. The van der Waals surface area contributed by atoms with Crippen LogP contribution in [0.15, 0.2) is 89.6 Å². The van der Waals surface area contributed by atoms with Gasteiger partial charge in [-0.2, -0.15) is 0 Å². The normalized spacial score (nSPS) is 11.7. The van der Waals surface area contributed by atoms with E-state index in [9.17, 15) is 4.39 Å². The number of thiocarbonyl (C=S) groups is 1. The van der Waals surface area contributed by atoms with Gasteiger partial charge in [0.2, 0.25) is 0 Å². The molecule has 0 radical (unpaired) electrons. The van der Waals surface area contributed by atoms with Crippen LogP contribution in [0.25, 0.3) is 11.3 Å². The number of hydrogen-bond donors (Lipinski definition) is 2. The van der Waals surface area contributed by atoms with E-state index in [0.29, 0.717) is 5.11 Å². The molecule has 1 heterocycles. The van der Waals surface area contributed by atoms with Crippen LogP contribution >= 0.6 is 12.2 Å². The minimum Gasteiger partial charge on any atom is -0.364 e. The molecule has 0 bridgehead atoms. The molecule has 0 spiro atoms. The highest BCUT2D eigenvalue weighted by Gasteiger charge is 2.12. The van der Waals surface area contributed by atoms with Gasteiger partial charge in [0.15, 0.2) is 5.11 Å². The predicted octanol–water partition coefficient (Wildman–Crippen LogP) is 6.12. The van der Waals surface area contributed by atoms with Gasteiger partial charge in [0.1, 0.15) is 17.8 Å². The van der Waals surface area contributed by atoms with Gasteiger partial charge in [-0.05, 0) is 54.5 Å². The Morgan fingerprint density at radius 3 is 2.42 bits per heavy atom. The molecular weight excluding hydrogens is 409 g/mol. The van der Waals surface area contributed by atoms with Crippen molar-refractivity contribution >= 4 is 23.0 Å². The molecule has 0 aliphatic carbocycles. The molecule has 1 aromatic heterocycles. The van der Waals surface area contributed by atoms with Crippen molar-refractivity contribution in [3.63, 3.8) is 0 Å². The maximum absolute atomic E-state index is 13.1. The summed E-state index contributed by atoms with van der Waals surface area (Å²) in [6.07, 6.45) is 2.46. The van der Waals surface area contributed by atoms with E-state index in [1.54, 1.807) is 18.4 Å². The predicted molar refractivity (Wildman–Crippen MR) is 125 cm³/mol. The fraction of sp³-hybridized carbons (Fsp3) is 0.120. The molecule has 3 aromatic carbocycles. The van der Waals surface area contributed by atoms with Crippen LogP contribution in [0.1, 0.15) is 29.7 Å². The van der Waals surface area contributed by atoms with Gasteiger partial charge in [-0.15, -0.1) is 0 Å². The molecule has 2 N–H and O–H groups in total. The lowest BCUT2D eigenvalue weighted by atomic mass is 10.0. The first-order valence-electron chi connectivity index (χ1n) is 9.99. The molecule has 4 aromatic rings. The molecular formula is C25H22FN3OS. The van der Waals surface area contributed by atoms with Crippen molar-refractivity contribution in [1.29, 1.82) is 0 Å². The Hall–Kier alpha value is -3.51. The lowest BCUT2D eigenvalue weighted by Gasteiger charge is -2.17. The molecule has 1 atom stereocenters. The van der Waals surface area contributed by atoms with Gasteiger partial charge in [0.05, 0.1) is 6.04 Å². The van der Waals surface area contributed by atoms with Gasteiger partial charge in [0, 0.05) is 23.2 Å². The number of anilines is 1. The molecule has 0 aliphatic rings. The third-order valence-corrected chi connectivity index (χ3v) is 5.23. The summed E-state index contributed by atoms with van der Waals surface area (Å²) in [6.45, 7) is 1.98. The molecule has 6 heteroatoms. The fourth-order valence-corrected chi connectivity index (χ4v) is 3.64. The van der Waals surface area contributed by atoms with Crippen molar-refractivity contribution in [3.05, 3.63) is 108 Å². The monoisotopic (exact) mass is 431 g/mol. The van der Waals surface area contributed by atoms with Gasteiger partial charge in [-0.25, -0.2) is 4.39 Å². The fourth-order valence-electron chi connectivity index (χ4n) is 3.35. The Balaban J connectivity index is 1.39. The molecule has 0 amide bonds. The maximum atomic E-state index is 13.1. The molecule has 0 saturated carbocycles. The summed E-state index contributed by atoms with van der Waals surface area (Å²) in [6, 6.07) is 24.4. The first-order valence-corrected chi connectivity index (χ1v) is 10.4. The van der Waals surface area contributed by atoms with Crippen molar-refractivity contribution in [1.82, 2.24) is 10.5 Å². The number of hydrogen-bond acceptors (Lipinski definition) is 3. The summed E-state index contributed by atoms with van der Waals surface area (Å²) in [5, 5.41) is 11.1. The van der Waals surface area contributed by atoms with Crippen molar-refractivity contribution in [3.8, 4) is 11.3 Å². The number of benzene rings is 3. The van der Waals surface area contributed by atoms with E-state index in [2.05, 4.69) is 27.9 Å². The zero-order valence-electron chi connectivity index (χ0n) is 17.0. The Bertz CT molecular complexity index is 1140. The average Bonchev–Trinajstić information content (AvgIpc) is 3.23. The molecule has 4 nitrogen and oxygen atoms in total. The SMILES string of the molecule is CC(NC(=S)Nc1ccc(-c2nocc2Cc2ccccc2)cc1)c1ccc(F)cc1. The van der Waals surface area contributed by atoms with Crippen LogP contribution < -0.4 is 10.6 Å². The van der Waals surface area contributed by atoms with Crippen molar-refractivity contribution in [2.75, 3.05) is 5.32 Å². The molecule has 31 heavy (non-hydrogen) atoms. The average molecular weight is 432 g/mol. The lowest BCUT2D eigenvalue weighted by molar-refractivity contribution is 0.421. The first kappa shape index (κ1) is 20.8. The number of aromatic nitrogens is 1. The Kier molecular flexibility index (Phi) is 6.38. The highest BCUT2D eigenvalue weighted by atomic mass is 32.1. The lowest BCUT2D eigenvalue weighted by Crippen LogP contribution is -2.30. The van der Waals surface area contributed by atoms with Crippen molar-refractivity contribution in [2.24, 2.45) is 0 Å². The number of halogens is 1. The van der Waals surface area contributed by atoms with Crippen LogP contribution in [-0.4, -0.2) is 10.3 Å². The molecule has 0 saturated heterocycles. The summed E-state index contributed by atoms with van der Waals surface area (Å²) < 4.78 is 18.3. The van der Waals surface area contributed by atoms with E-state index in [4.69, 9.17) is 16.7 Å². The van der Waals surface area contributed by atoms with Crippen LogP contribution in [0.3, 0.4) is 0 Å². The van der Waals surface area contributed by atoms with Crippen molar-refractivity contribution in [2.45, 2.75) is 19.4 Å². The standard InChI is InChI=1S/C25H22FN3OS/c1-17(19-7-11-22(26)12-8-19)27-25(31)28-23-13-9-20(10-14-23)24-21(16-30-29-24)15-18-5-3-2-4-6-18/h2-14,16-17H,15H2,1H3,(H2,27,28,31). The van der Waals surface area contributed by atoms with Crippen LogP contribution in [0.5, 0.6) is 0 Å². The first-order chi connectivity index (χ1) is 15.1. The van der Waals surface area contributed by atoms with E-state index >= 15 is 0 Å². The van der Waals surface area contributed by atoms with E-state index in [1.807, 2.05) is 49.4 Å². The molecule has 4 rings (SSSR count). The third-order valence-electron chi connectivity index (χ3n) is 5.01. The smallest absolute Gasteiger partial charge is 0.171 e. The summed E-state index contributed by atoms with van der Waals surface area (Å²) in [5.74, 6) is -0.254. The zero-order valence-corrected chi connectivity index (χ0v) is 17.8. The minimum atomic E-state index is -0.254. The van der Waals surface area contributed by atoms with Gasteiger partial charge in [-0.3, -0.25) is 0 Å². The highest BCUT2D eigenvalue weighted by molar-refractivity contribution is 7.80. The second kappa shape index (κ2) is 9.53. The molecule has 0 aliphatic heterocycles. The third kappa shape index (κ3) is 5.35. The van der Waals surface area contributed by atoms with E-state index in [-0.39, 0.29) is 11.9 Å². The maximum Gasteiger partial charge on any atom is 0.171 e. The minimum absolute atomic E-state index is 0.0458. The van der Waals surface area contributed by atoms with E-state index < -0.39 is 0 Å². The Labute approximate surface area is 186 Å². The van der Waals surface area contributed by atoms with Gasteiger partial charge < -0.3 is 15.2 Å². The van der Waals surface area contributed by atoms with Crippen molar-refractivity contribution < 1.29 is 8.91 Å². The summed E-state index contributed by atoms with van der Waals surface area (Å²) >= 11 is 5.42. The second-order valence-corrected chi connectivity index (χ2v) is 7.71. The quantitative estimate of drug-likeness (QED) is 0.360.